The molecule has 1 aromatic carbocycles. The first kappa shape index (κ1) is 13.5. The van der Waals surface area contributed by atoms with E-state index < -0.39 is 0 Å². The monoisotopic (exact) mass is 248 g/mol. The van der Waals surface area contributed by atoms with Gasteiger partial charge in [-0.25, -0.2) is 0 Å². The molecule has 1 aromatic rings. The molecule has 1 heterocycles. The zero-order valence-corrected chi connectivity index (χ0v) is 11.5. The van der Waals surface area contributed by atoms with Gasteiger partial charge in [0.25, 0.3) is 0 Å². The summed E-state index contributed by atoms with van der Waals surface area (Å²) in [6.45, 7) is 7.66. The maximum atomic E-state index is 10.2. The Morgan fingerprint density at radius 2 is 1.94 bits per heavy atom. The number of nitrogens with two attached hydrogens (primary N) is 1. The third-order valence-corrected chi connectivity index (χ3v) is 4.72. The van der Waals surface area contributed by atoms with Crippen molar-refractivity contribution in [3.8, 4) is 0 Å². The van der Waals surface area contributed by atoms with Crippen molar-refractivity contribution in [1.29, 1.82) is 0 Å². The zero-order valence-electron chi connectivity index (χ0n) is 11.5. The normalized spacial score (nSPS) is 32.4. The van der Waals surface area contributed by atoms with E-state index in [1.807, 2.05) is 6.07 Å². The van der Waals surface area contributed by atoms with Crippen LogP contribution < -0.4 is 5.73 Å². The van der Waals surface area contributed by atoms with Crippen LogP contribution in [0, 0.1) is 11.8 Å². The first-order valence-corrected chi connectivity index (χ1v) is 6.70. The van der Waals surface area contributed by atoms with E-state index in [-0.39, 0.29) is 5.54 Å². The van der Waals surface area contributed by atoms with Crippen molar-refractivity contribution in [3.63, 3.8) is 0 Å². The number of hydroxylamine groups is 2. The second kappa shape index (κ2) is 5.00. The molecule has 3 heteroatoms. The van der Waals surface area contributed by atoms with E-state index in [1.165, 1.54) is 10.6 Å². The van der Waals surface area contributed by atoms with Crippen LogP contribution in [-0.2, 0) is 0 Å². The zero-order chi connectivity index (χ0) is 13.3. The third-order valence-electron chi connectivity index (χ3n) is 4.72. The predicted molar refractivity (Wildman–Crippen MR) is 73.5 cm³/mol. The number of benzene rings is 1. The summed E-state index contributed by atoms with van der Waals surface area (Å²) in [6, 6.07) is 10.5. The van der Waals surface area contributed by atoms with Gasteiger partial charge in [0.05, 0.1) is 0 Å². The minimum atomic E-state index is -0.216. The fourth-order valence-electron chi connectivity index (χ4n) is 3.11. The fourth-order valence-corrected chi connectivity index (χ4v) is 3.11. The van der Waals surface area contributed by atoms with E-state index >= 15 is 0 Å². The molecule has 3 N–H and O–H groups in total. The summed E-state index contributed by atoms with van der Waals surface area (Å²) in [5.41, 5.74) is 7.02. The maximum absolute atomic E-state index is 10.2. The van der Waals surface area contributed by atoms with Gasteiger partial charge in [0.2, 0.25) is 0 Å². The Labute approximate surface area is 110 Å². The average Bonchev–Trinajstić information content (AvgIpc) is 2.37. The van der Waals surface area contributed by atoms with Gasteiger partial charge in [-0.15, -0.1) is 0 Å². The molecule has 1 aliphatic rings. The van der Waals surface area contributed by atoms with Crippen LogP contribution in [0.5, 0.6) is 0 Å². The van der Waals surface area contributed by atoms with Crippen molar-refractivity contribution in [1.82, 2.24) is 5.06 Å². The highest BCUT2D eigenvalue weighted by Gasteiger charge is 2.45. The second-order valence-electron chi connectivity index (χ2n) is 5.96. The summed E-state index contributed by atoms with van der Waals surface area (Å²) in [5, 5.41) is 11.6. The van der Waals surface area contributed by atoms with Crippen LogP contribution in [0.1, 0.15) is 32.3 Å². The van der Waals surface area contributed by atoms with Crippen molar-refractivity contribution in [2.75, 3.05) is 13.1 Å². The van der Waals surface area contributed by atoms with Gasteiger partial charge in [0.1, 0.15) is 0 Å². The Kier molecular flexibility index (Phi) is 3.76. The Morgan fingerprint density at radius 3 is 2.50 bits per heavy atom. The van der Waals surface area contributed by atoms with Gasteiger partial charge in [0, 0.05) is 12.1 Å². The summed E-state index contributed by atoms with van der Waals surface area (Å²) >= 11 is 0. The Balaban J connectivity index is 2.36. The van der Waals surface area contributed by atoms with Crippen LogP contribution in [0.2, 0.25) is 0 Å². The molecule has 0 aliphatic carbocycles. The van der Waals surface area contributed by atoms with Gasteiger partial charge in [-0.1, -0.05) is 37.3 Å². The Hall–Kier alpha value is -0.900. The maximum Gasteiger partial charge on any atom is 0.0435 e. The largest absolute Gasteiger partial charge is 0.330 e. The average molecular weight is 248 g/mol. The topological polar surface area (TPSA) is 49.5 Å². The van der Waals surface area contributed by atoms with Gasteiger partial charge < -0.3 is 10.9 Å². The van der Waals surface area contributed by atoms with E-state index in [0.717, 1.165) is 0 Å². The number of nitrogens with zero attached hydrogens (tertiary/aromatic N) is 1. The Morgan fingerprint density at radius 1 is 1.33 bits per heavy atom. The summed E-state index contributed by atoms with van der Waals surface area (Å²) in [4.78, 5) is 0. The fraction of sp³-hybridized carbons (Fsp3) is 0.600. The summed E-state index contributed by atoms with van der Waals surface area (Å²) in [7, 11) is 0. The molecule has 1 aliphatic heterocycles. The highest BCUT2D eigenvalue weighted by Crippen LogP contribution is 2.44. The molecule has 3 atom stereocenters. The van der Waals surface area contributed by atoms with Crippen molar-refractivity contribution in [3.05, 3.63) is 35.9 Å². The van der Waals surface area contributed by atoms with Gasteiger partial charge in [-0.3, -0.25) is 0 Å². The lowest BCUT2D eigenvalue weighted by Crippen LogP contribution is -2.57. The lowest BCUT2D eigenvalue weighted by molar-refractivity contribution is -0.212. The van der Waals surface area contributed by atoms with Crippen molar-refractivity contribution < 1.29 is 5.21 Å². The van der Waals surface area contributed by atoms with Gasteiger partial charge in [-0.05, 0) is 43.7 Å². The minimum absolute atomic E-state index is 0.216. The molecule has 18 heavy (non-hydrogen) atoms. The number of hydrogen-bond donors (Lipinski definition) is 2. The standard InChI is InChI=1S/C15H24N2O/c1-11-14(12-7-5-4-6-8-12)13(9-16)10-17(18)15(11,2)3/h4-8,11,13-14,18H,9-10,16H2,1-3H3. The smallest absolute Gasteiger partial charge is 0.0435 e. The number of piperidine rings is 1. The molecule has 0 aromatic heterocycles. The SMILES string of the molecule is CC1C(c2ccccc2)C(CN)CN(O)C1(C)C. The molecular weight excluding hydrogens is 224 g/mol. The molecule has 0 radical (unpaired) electrons. The van der Waals surface area contributed by atoms with Crippen molar-refractivity contribution >= 4 is 0 Å². The highest BCUT2D eigenvalue weighted by molar-refractivity contribution is 5.23. The van der Waals surface area contributed by atoms with Crippen LogP contribution in [0.25, 0.3) is 0 Å². The lowest BCUT2D eigenvalue weighted by atomic mass is 9.66. The quantitative estimate of drug-likeness (QED) is 0.845. The first-order valence-electron chi connectivity index (χ1n) is 6.70. The van der Waals surface area contributed by atoms with E-state index in [9.17, 15) is 5.21 Å². The van der Waals surface area contributed by atoms with E-state index in [0.29, 0.717) is 30.8 Å². The van der Waals surface area contributed by atoms with Crippen LogP contribution in [0.3, 0.4) is 0 Å². The molecule has 0 bridgehead atoms. The predicted octanol–water partition coefficient (Wildman–Crippen LogP) is 2.46. The molecule has 2 rings (SSSR count). The van der Waals surface area contributed by atoms with Gasteiger partial charge in [0.15, 0.2) is 0 Å². The van der Waals surface area contributed by atoms with Crippen molar-refractivity contribution in [2.45, 2.75) is 32.2 Å². The molecule has 100 valence electrons. The summed E-state index contributed by atoms with van der Waals surface area (Å²) in [6.07, 6.45) is 0. The number of rotatable bonds is 2. The number of hydrogen-bond acceptors (Lipinski definition) is 3. The van der Waals surface area contributed by atoms with E-state index in [4.69, 9.17) is 5.73 Å². The molecule has 1 saturated heterocycles. The van der Waals surface area contributed by atoms with E-state index in [2.05, 4.69) is 45.0 Å². The third kappa shape index (κ3) is 2.18. The summed E-state index contributed by atoms with van der Waals surface area (Å²) < 4.78 is 0. The molecule has 0 spiro atoms. The second-order valence-corrected chi connectivity index (χ2v) is 5.96. The minimum Gasteiger partial charge on any atom is -0.330 e. The molecule has 0 saturated carbocycles. The Bertz CT molecular complexity index is 391. The molecular formula is C15H24N2O. The van der Waals surface area contributed by atoms with Crippen molar-refractivity contribution in [2.24, 2.45) is 17.6 Å². The van der Waals surface area contributed by atoms with Gasteiger partial charge >= 0.3 is 0 Å². The van der Waals surface area contributed by atoms with Crippen LogP contribution in [0.15, 0.2) is 30.3 Å². The van der Waals surface area contributed by atoms with E-state index in [1.54, 1.807) is 0 Å². The molecule has 3 unspecified atom stereocenters. The first-order chi connectivity index (χ1) is 8.48. The highest BCUT2D eigenvalue weighted by atomic mass is 16.5. The van der Waals surface area contributed by atoms with Crippen LogP contribution in [-0.4, -0.2) is 28.9 Å². The lowest BCUT2D eigenvalue weighted by Gasteiger charge is -2.51. The van der Waals surface area contributed by atoms with Gasteiger partial charge in [-0.2, -0.15) is 5.06 Å². The molecule has 3 nitrogen and oxygen atoms in total. The molecule has 0 amide bonds. The molecule has 1 fully saturated rings. The van der Waals surface area contributed by atoms with Crippen LogP contribution >= 0.6 is 0 Å². The van der Waals surface area contributed by atoms with Crippen LogP contribution in [0.4, 0.5) is 0 Å². The summed E-state index contributed by atoms with van der Waals surface area (Å²) in [5.74, 6) is 1.07.